The Morgan fingerprint density at radius 3 is 2.05 bits per heavy atom. The van der Waals surface area contributed by atoms with Crippen molar-refractivity contribution < 1.29 is 24.5 Å². The van der Waals surface area contributed by atoms with Crippen molar-refractivity contribution in [3.63, 3.8) is 0 Å². The summed E-state index contributed by atoms with van der Waals surface area (Å²) in [5.74, 6) is -1.48. The number of carbonyl (C=O) groups excluding carboxylic acids is 2. The summed E-state index contributed by atoms with van der Waals surface area (Å²) >= 11 is 0. The van der Waals surface area contributed by atoms with Gasteiger partial charge < -0.3 is 14.9 Å². The Bertz CT molecular complexity index is 715. The third kappa shape index (κ3) is 3.26. The molecule has 0 aliphatic heterocycles. The van der Waals surface area contributed by atoms with Crippen LogP contribution in [-0.4, -0.2) is 29.1 Å². The van der Waals surface area contributed by atoms with Crippen molar-refractivity contribution in [2.75, 3.05) is 7.11 Å². The lowest BCUT2D eigenvalue weighted by atomic mass is 10.2. The van der Waals surface area contributed by atoms with Crippen LogP contribution in [0.3, 0.4) is 0 Å². The fourth-order valence-corrected chi connectivity index (χ4v) is 1.74. The first-order valence-corrected chi connectivity index (χ1v) is 6.28. The van der Waals surface area contributed by atoms with E-state index in [4.69, 9.17) is 4.74 Å². The van der Waals surface area contributed by atoms with Crippen LogP contribution < -0.4 is 15.6 Å². The number of carbonyl (C=O) groups is 2. The number of phenolic OH excluding ortho intramolecular Hbond substituents is 2. The van der Waals surface area contributed by atoms with Crippen LogP contribution in [0.2, 0.25) is 0 Å². The van der Waals surface area contributed by atoms with E-state index in [1.165, 1.54) is 37.4 Å². The lowest BCUT2D eigenvalue weighted by Crippen LogP contribution is -2.41. The number of nitrogens with one attached hydrogen (secondary N) is 2. The van der Waals surface area contributed by atoms with Gasteiger partial charge in [-0.1, -0.05) is 12.1 Å². The van der Waals surface area contributed by atoms with E-state index in [9.17, 15) is 19.8 Å². The second-order valence-corrected chi connectivity index (χ2v) is 4.31. The van der Waals surface area contributed by atoms with Crippen molar-refractivity contribution in [2.24, 2.45) is 0 Å². The fraction of sp³-hybridized carbons (Fsp3) is 0.0667. The highest BCUT2D eigenvalue weighted by Crippen LogP contribution is 2.23. The summed E-state index contributed by atoms with van der Waals surface area (Å²) in [5, 5.41) is 19.3. The summed E-state index contributed by atoms with van der Waals surface area (Å²) < 4.78 is 4.91. The average molecular weight is 302 g/mol. The van der Waals surface area contributed by atoms with Gasteiger partial charge in [-0.2, -0.15) is 0 Å². The number of ether oxygens (including phenoxy) is 1. The van der Waals surface area contributed by atoms with Gasteiger partial charge in [0.1, 0.15) is 17.2 Å². The molecular formula is C15H14N2O5. The SMILES string of the molecule is COc1ccc(C(=O)NNC(=O)c2ccccc2O)c(O)c1. The molecule has 0 aliphatic rings. The Morgan fingerprint density at radius 2 is 1.50 bits per heavy atom. The standard InChI is InChI=1S/C15H14N2O5/c1-22-9-6-7-11(13(19)8-9)15(21)17-16-14(20)10-4-2-3-5-12(10)18/h2-8,18-19H,1H3,(H,16,20)(H,17,21). The molecule has 7 nitrogen and oxygen atoms in total. The minimum absolute atomic E-state index is 0.0155. The van der Waals surface area contributed by atoms with Gasteiger partial charge in [0.05, 0.1) is 18.2 Å². The zero-order valence-electron chi connectivity index (χ0n) is 11.7. The van der Waals surface area contributed by atoms with Gasteiger partial charge in [0.15, 0.2) is 0 Å². The van der Waals surface area contributed by atoms with E-state index >= 15 is 0 Å². The minimum Gasteiger partial charge on any atom is -0.507 e. The van der Waals surface area contributed by atoms with Crippen LogP contribution in [0.1, 0.15) is 20.7 Å². The van der Waals surface area contributed by atoms with Crippen LogP contribution in [0.5, 0.6) is 17.2 Å². The van der Waals surface area contributed by atoms with Crippen LogP contribution >= 0.6 is 0 Å². The molecular weight excluding hydrogens is 288 g/mol. The molecule has 0 fully saturated rings. The van der Waals surface area contributed by atoms with E-state index in [0.717, 1.165) is 0 Å². The number of hydrogen-bond donors (Lipinski definition) is 4. The number of hydrazine groups is 1. The minimum atomic E-state index is -0.705. The zero-order valence-corrected chi connectivity index (χ0v) is 11.7. The highest BCUT2D eigenvalue weighted by molar-refractivity contribution is 6.01. The first-order valence-electron chi connectivity index (χ1n) is 6.28. The van der Waals surface area contributed by atoms with Crippen molar-refractivity contribution in [3.8, 4) is 17.2 Å². The zero-order chi connectivity index (χ0) is 16.1. The van der Waals surface area contributed by atoms with Crippen molar-refractivity contribution in [3.05, 3.63) is 53.6 Å². The molecule has 22 heavy (non-hydrogen) atoms. The number of amides is 2. The quantitative estimate of drug-likeness (QED) is 0.637. The summed E-state index contributed by atoms with van der Waals surface area (Å²) in [6.45, 7) is 0. The fourth-order valence-electron chi connectivity index (χ4n) is 1.74. The molecule has 0 aromatic heterocycles. The molecule has 0 heterocycles. The van der Waals surface area contributed by atoms with E-state index in [-0.39, 0.29) is 22.6 Å². The van der Waals surface area contributed by atoms with Gasteiger partial charge in [-0.25, -0.2) is 0 Å². The van der Waals surface area contributed by atoms with E-state index in [0.29, 0.717) is 5.75 Å². The van der Waals surface area contributed by atoms with Gasteiger partial charge in [0.25, 0.3) is 11.8 Å². The molecule has 0 radical (unpaired) electrons. The van der Waals surface area contributed by atoms with Crippen LogP contribution in [0, 0.1) is 0 Å². The maximum atomic E-state index is 11.9. The van der Waals surface area contributed by atoms with Crippen molar-refractivity contribution in [1.82, 2.24) is 10.9 Å². The number of phenols is 2. The number of rotatable bonds is 3. The Labute approximate surface area is 126 Å². The second kappa shape index (κ2) is 6.49. The largest absolute Gasteiger partial charge is 0.507 e. The predicted molar refractivity (Wildman–Crippen MR) is 77.7 cm³/mol. The van der Waals surface area contributed by atoms with Gasteiger partial charge in [-0.3, -0.25) is 20.4 Å². The van der Waals surface area contributed by atoms with Crippen molar-refractivity contribution in [2.45, 2.75) is 0 Å². The summed E-state index contributed by atoms with van der Waals surface area (Å²) in [4.78, 5) is 23.7. The number of aromatic hydroxyl groups is 2. The topological polar surface area (TPSA) is 108 Å². The Hall–Kier alpha value is -3.22. The summed E-state index contributed by atoms with van der Waals surface area (Å²) in [6.07, 6.45) is 0. The molecule has 2 aromatic carbocycles. The van der Waals surface area contributed by atoms with Crippen LogP contribution in [0.4, 0.5) is 0 Å². The van der Waals surface area contributed by atoms with Gasteiger partial charge >= 0.3 is 0 Å². The molecule has 0 spiro atoms. The molecule has 0 atom stereocenters. The summed E-state index contributed by atoms with van der Waals surface area (Å²) in [5.41, 5.74) is 4.29. The van der Waals surface area contributed by atoms with Crippen LogP contribution in [-0.2, 0) is 0 Å². The maximum absolute atomic E-state index is 11.9. The third-order valence-electron chi connectivity index (χ3n) is 2.89. The van der Waals surface area contributed by atoms with E-state index in [1.807, 2.05) is 0 Å². The van der Waals surface area contributed by atoms with Gasteiger partial charge in [0, 0.05) is 6.07 Å². The Morgan fingerprint density at radius 1 is 0.909 bits per heavy atom. The lowest BCUT2D eigenvalue weighted by molar-refractivity contribution is 0.0843. The van der Waals surface area contributed by atoms with Gasteiger partial charge in [0.2, 0.25) is 0 Å². The lowest BCUT2D eigenvalue weighted by Gasteiger charge is -2.10. The van der Waals surface area contributed by atoms with Gasteiger partial charge in [-0.15, -0.1) is 0 Å². The molecule has 0 aliphatic carbocycles. The van der Waals surface area contributed by atoms with Crippen LogP contribution in [0.15, 0.2) is 42.5 Å². The molecule has 0 bridgehead atoms. The summed E-state index contributed by atoms with van der Waals surface area (Å²) in [6, 6.07) is 10.0. The number of hydrogen-bond acceptors (Lipinski definition) is 5. The smallest absolute Gasteiger partial charge is 0.273 e. The third-order valence-corrected chi connectivity index (χ3v) is 2.89. The molecule has 0 saturated carbocycles. The molecule has 2 rings (SSSR count). The maximum Gasteiger partial charge on any atom is 0.273 e. The second-order valence-electron chi connectivity index (χ2n) is 4.31. The highest BCUT2D eigenvalue weighted by atomic mass is 16.5. The molecule has 4 N–H and O–H groups in total. The first kappa shape index (κ1) is 15.2. The number of benzene rings is 2. The monoisotopic (exact) mass is 302 g/mol. The molecule has 114 valence electrons. The Kier molecular flexibility index (Phi) is 4.47. The molecule has 0 saturated heterocycles. The van der Waals surface area contributed by atoms with E-state index in [2.05, 4.69) is 10.9 Å². The van der Waals surface area contributed by atoms with Crippen molar-refractivity contribution in [1.29, 1.82) is 0 Å². The molecule has 0 unspecified atom stereocenters. The van der Waals surface area contributed by atoms with Crippen LogP contribution in [0.25, 0.3) is 0 Å². The Balaban J connectivity index is 2.04. The molecule has 7 heteroatoms. The first-order chi connectivity index (χ1) is 10.5. The molecule has 2 aromatic rings. The van der Waals surface area contributed by atoms with E-state index < -0.39 is 11.8 Å². The normalized spacial score (nSPS) is 9.86. The predicted octanol–water partition coefficient (Wildman–Crippen LogP) is 1.18. The molecule has 2 amide bonds. The van der Waals surface area contributed by atoms with E-state index in [1.54, 1.807) is 12.1 Å². The van der Waals surface area contributed by atoms with Gasteiger partial charge in [-0.05, 0) is 24.3 Å². The number of methoxy groups -OCH3 is 1. The average Bonchev–Trinajstić information content (AvgIpc) is 2.52. The summed E-state index contributed by atoms with van der Waals surface area (Å²) in [7, 11) is 1.43. The van der Waals surface area contributed by atoms with Crippen molar-refractivity contribution >= 4 is 11.8 Å². The highest BCUT2D eigenvalue weighted by Gasteiger charge is 2.14. The number of para-hydroxylation sites is 1.